The maximum absolute atomic E-state index is 9.31. The van der Waals surface area contributed by atoms with Gasteiger partial charge in [0.1, 0.15) is 12.4 Å². The smallest absolute Gasteiger partial charge is 0.119 e. The number of aliphatic hydroxyl groups excluding tert-OH is 1. The third-order valence-electron chi connectivity index (χ3n) is 2.25. The molecule has 0 aliphatic heterocycles. The van der Waals surface area contributed by atoms with Crippen LogP contribution in [0.3, 0.4) is 0 Å². The third kappa shape index (κ3) is 3.90. The van der Waals surface area contributed by atoms with Gasteiger partial charge in [0.15, 0.2) is 0 Å². The first kappa shape index (κ1) is 12.0. The fourth-order valence-corrected chi connectivity index (χ4v) is 1.12. The van der Waals surface area contributed by atoms with Crippen molar-refractivity contribution in [3.63, 3.8) is 0 Å². The molecule has 0 saturated heterocycles. The molecule has 0 spiro atoms. The van der Waals surface area contributed by atoms with Gasteiger partial charge in [-0.05, 0) is 31.5 Å². The molecule has 15 heavy (non-hydrogen) atoms. The van der Waals surface area contributed by atoms with Crippen molar-refractivity contribution in [3.8, 4) is 5.75 Å². The van der Waals surface area contributed by atoms with E-state index in [1.807, 2.05) is 31.2 Å². The van der Waals surface area contributed by atoms with Crippen molar-refractivity contribution in [1.29, 1.82) is 0 Å². The van der Waals surface area contributed by atoms with Gasteiger partial charge in [-0.1, -0.05) is 12.1 Å². The lowest BCUT2D eigenvalue weighted by Crippen LogP contribution is -2.15. The number of hydrogen-bond acceptors (Lipinski definition) is 3. The van der Waals surface area contributed by atoms with Gasteiger partial charge in [0.2, 0.25) is 0 Å². The van der Waals surface area contributed by atoms with E-state index in [0.717, 1.165) is 11.3 Å². The van der Waals surface area contributed by atoms with E-state index in [1.54, 1.807) is 14.0 Å². The zero-order chi connectivity index (χ0) is 11.3. The van der Waals surface area contributed by atoms with Gasteiger partial charge in [0.25, 0.3) is 0 Å². The van der Waals surface area contributed by atoms with E-state index in [-0.39, 0.29) is 6.10 Å². The molecule has 1 unspecified atom stereocenters. The van der Waals surface area contributed by atoms with Crippen molar-refractivity contribution in [3.05, 3.63) is 29.8 Å². The first-order chi connectivity index (χ1) is 7.13. The molecule has 3 heteroatoms. The Hall–Kier alpha value is -1.06. The van der Waals surface area contributed by atoms with Crippen LogP contribution in [-0.4, -0.2) is 24.9 Å². The van der Waals surface area contributed by atoms with Crippen molar-refractivity contribution >= 4 is 0 Å². The topological polar surface area (TPSA) is 38.7 Å². The molecule has 0 fully saturated rings. The Labute approximate surface area is 90.6 Å². The first-order valence-corrected chi connectivity index (χ1v) is 5.07. The second-order valence-corrected chi connectivity index (χ2v) is 3.60. The van der Waals surface area contributed by atoms with Crippen LogP contribution in [0.5, 0.6) is 5.75 Å². The Bertz CT molecular complexity index is 279. The average Bonchev–Trinajstić information content (AvgIpc) is 2.26. The largest absolute Gasteiger partial charge is 0.491 e. The monoisotopic (exact) mass is 210 g/mol. The van der Waals surface area contributed by atoms with Gasteiger partial charge < -0.3 is 14.6 Å². The number of hydrogen-bond donors (Lipinski definition) is 1. The molecule has 1 rings (SSSR count). The van der Waals surface area contributed by atoms with Crippen LogP contribution in [0.2, 0.25) is 0 Å². The molecule has 1 N–H and O–H groups in total. The SMILES string of the molecule is COC(C)COc1ccc([C@H](C)O)cc1. The number of benzene rings is 1. The van der Waals surface area contributed by atoms with E-state index in [9.17, 15) is 5.11 Å². The van der Waals surface area contributed by atoms with Crippen LogP contribution in [0, 0.1) is 0 Å². The summed E-state index contributed by atoms with van der Waals surface area (Å²) >= 11 is 0. The number of aliphatic hydroxyl groups is 1. The maximum atomic E-state index is 9.31. The molecular formula is C12H18O3. The highest BCUT2D eigenvalue weighted by Crippen LogP contribution is 2.17. The van der Waals surface area contributed by atoms with E-state index < -0.39 is 6.10 Å². The van der Waals surface area contributed by atoms with Gasteiger partial charge in [-0.25, -0.2) is 0 Å². The van der Waals surface area contributed by atoms with Crippen LogP contribution in [0.15, 0.2) is 24.3 Å². The molecular weight excluding hydrogens is 192 g/mol. The summed E-state index contributed by atoms with van der Waals surface area (Å²) in [5.41, 5.74) is 0.891. The molecule has 0 aromatic heterocycles. The Morgan fingerprint density at radius 1 is 1.20 bits per heavy atom. The Kier molecular flexibility index (Phi) is 4.59. The molecule has 0 saturated carbocycles. The number of ether oxygens (including phenoxy) is 2. The van der Waals surface area contributed by atoms with Gasteiger partial charge in [-0.3, -0.25) is 0 Å². The molecule has 0 aliphatic rings. The normalized spacial score (nSPS) is 14.7. The van der Waals surface area contributed by atoms with Gasteiger partial charge in [0, 0.05) is 7.11 Å². The lowest BCUT2D eigenvalue weighted by atomic mass is 10.1. The predicted octanol–water partition coefficient (Wildman–Crippen LogP) is 2.15. The minimum atomic E-state index is -0.433. The minimum absolute atomic E-state index is 0.0847. The van der Waals surface area contributed by atoms with Crippen molar-refractivity contribution in [2.45, 2.75) is 26.1 Å². The maximum Gasteiger partial charge on any atom is 0.119 e. The highest BCUT2D eigenvalue weighted by atomic mass is 16.5. The zero-order valence-electron chi connectivity index (χ0n) is 9.43. The molecule has 2 atom stereocenters. The zero-order valence-corrected chi connectivity index (χ0v) is 9.43. The molecule has 3 nitrogen and oxygen atoms in total. The molecule has 0 radical (unpaired) electrons. The summed E-state index contributed by atoms with van der Waals surface area (Å²) < 4.78 is 10.6. The summed E-state index contributed by atoms with van der Waals surface area (Å²) in [5, 5.41) is 9.31. The summed E-state index contributed by atoms with van der Waals surface area (Å²) in [6, 6.07) is 7.42. The molecule has 0 heterocycles. The molecule has 0 bridgehead atoms. The van der Waals surface area contributed by atoms with Gasteiger partial charge in [-0.2, -0.15) is 0 Å². The van der Waals surface area contributed by atoms with Gasteiger partial charge >= 0.3 is 0 Å². The van der Waals surface area contributed by atoms with Crippen LogP contribution in [0.25, 0.3) is 0 Å². The average molecular weight is 210 g/mol. The van der Waals surface area contributed by atoms with Gasteiger partial charge in [0.05, 0.1) is 12.2 Å². The van der Waals surface area contributed by atoms with Crippen LogP contribution in [0.1, 0.15) is 25.5 Å². The minimum Gasteiger partial charge on any atom is -0.491 e. The molecule has 1 aromatic carbocycles. The number of rotatable bonds is 5. The third-order valence-corrected chi connectivity index (χ3v) is 2.25. The molecule has 1 aromatic rings. The van der Waals surface area contributed by atoms with Crippen LogP contribution in [0.4, 0.5) is 0 Å². The first-order valence-electron chi connectivity index (χ1n) is 5.07. The fraction of sp³-hybridized carbons (Fsp3) is 0.500. The van der Waals surface area contributed by atoms with Crippen molar-refractivity contribution in [2.75, 3.05) is 13.7 Å². The van der Waals surface area contributed by atoms with Crippen LogP contribution < -0.4 is 4.74 Å². The highest BCUT2D eigenvalue weighted by Gasteiger charge is 2.02. The lowest BCUT2D eigenvalue weighted by Gasteiger charge is -2.12. The second-order valence-electron chi connectivity index (χ2n) is 3.60. The van der Waals surface area contributed by atoms with E-state index >= 15 is 0 Å². The number of methoxy groups -OCH3 is 1. The summed E-state index contributed by atoms with van der Waals surface area (Å²) in [5.74, 6) is 0.795. The molecule has 0 amide bonds. The Morgan fingerprint density at radius 2 is 1.80 bits per heavy atom. The predicted molar refractivity (Wildman–Crippen MR) is 59.0 cm³/mol. The standard InChI is InChI=1S/C12H18O3/c1-9(14-3)8-15-12-6-4-11(5-7-12)10(2)13/h4-7,9-10,13H,8H2,1-3H3/t9?,10-/m0/s1. The van der Waals surface area contributed by atoms with Crippen molar-refractivity contribution in [2.24, 2.45) is 0 Å². The Morgan fingerprint density at radius 3 is 2.27 bits per heavy atom. The van der Waals surface area contributed by atoms with E-state index in [4.69, 9.17) is 9.47 Å². The van der Waals surface area contributed by atoms with E-state index in [0.29, 0.717) is 6.61 Å². The van der Waals surface area contributed by atoms with Crippen molar-refractivity contribution < 1.29 is 14.6 Å². The second kappa shape index (κ2) is 5.73. The fourth-order valence-electron chi connectivity index (χ4n) is 1.12. The summed E-state index contributed by atoms with van der Waals surface area (Å²) in [6.07, 6.45) is -0.349. The highest BCUT2D eigenvalue weighted by molar-refractivity contribution is 5.28. The molecule has 84 valence electrons. The van der Waals surface area contributed by atoms with Crippen LogP contribution >= 0.6 is 0 Å². The summed E-state index contributed by atoms with van der Waals surface area (Å²) in [6.45, 7) is 4.22. The quantitative estimate of drug-likeness (QED) is 0.809. The Balaban J connectivity index is 2.50. The summed E-state index contributed by atoms with van der Waals surface area (Å²) in [7, 11) is 1.66. The lowest BCUT2D eigenvalue weighted by molar-refractivity contribution is 0.0716. The van der Waals surface area contributed by atoms with Gasteiger partial charge in [-0.15, -0.1) is 0 Å². The van der Waals surface area contributed by atoms with Crippen molar-refractivity contribution in [1.82, 2.24) is 0 Å². The summed E-state index contributed by atoms with van der Waals surface area (Å²) in [4.78, 5) is 0. The van der Waals surface area contributed by atoms with E-state index in [2.05, 4.69) is 0 Å². The van der Waals surface area contributed by atoms with Crippen LogP contribution in [-0.2, 0) is 4.74 Å². The van der Waals surface area contributed by atoms with E-state index in [1.165, 1.54) is 0 Å². The molecule has 0 aliphatic carbocycles.